The predicted octanol–water partition coefficient (Wildman–Crippen LogP) is 3.30. The molecule has 0 unspecified atom stereocenters. The van der Waals surface area contributed by atoms with Crippen molar-refractivity contribution >= 4 is 17.5 Å². The van der Waals surface area contributed by atoms with Crippen molar-refractivity contribution in [2.24, 2.45) is 0 Å². The number of aromatic nitrogens is 1. The average Bonchev–Trinajstić information content (AvgIpc) is 2.47. The fourth-order valence-corrected chi connectivity index (χ4v) is 2.16. The molecule has 21 heavy (non-hydrogen) atoms. The van der Waals surface area contributed by atoms with Crippen LogP contribution >= 0.6 is 11.6 Å². The maximum atomic E-state index is 11.9. The maximum Gasteiger partial charge on any atom is 0.258 e. The molecule has 1 atom stereocenters. The van der Waals surface area contributed by atoms with Crippen LogP contribution in [0.1, 0.15) is 24.1 Å². The van der Waals surface area contributed by atoms with Gasteiger partial charge in [-0.25, -0.2) is 0 Å². The van der Waals surface area contributed by atoms with Crippen LogP contribution in [0.4, 0.5) is 0 Å². The van der Waals surface area contributed by atoms with Crippen LogP contribution in [0, 0.1) is 6.92 Å². The molecule has 2 aromatic rings. The van der Waals surface area contributed by atoms with Gasteiger partial charge in [0.05, 0.1) is 6.04 Å². The SMILES string of the molecule is Cc1cc(Cl)ccc1OCC(=O)N[C@@H](C)c1ccncc1. The van der Waals surface area contributed by atoms with E-state index in [2.05, 4.69) is 10.3 Å². The van der Waals surface area contributed by atoms with Gasteiger partial charge < -0.3 is 10.1 Å². The maximum absolute atomic E-state index is 11.9. The molecule has 5 heteroatoms. The number of halogens is 1. The molecule has 1 amide bonds. The van der Waals surface area contributed by atoms with E-state index in [4.69, 9.17) is 16.3 Å². The zero-order valence-electron chi connectivity index (χ0n) is 12.0. The molecule has 0 saturated heterocycles. The number of amides is 1. The fraction of sp³-hybridized carbons (Fsp3) is 0.250. The van der Waals surface area contributed by atoms with E-state index in [1.165, 1.54) is 0 Å². The summed E-state index contributed by atoms with van der Waals surface area (Å²) < 4.78 is 5.51. The van der Waals surface area contributed by atoms with Crippen molar-refractivity contribution in [2.45, 2.75) is 19.9 Å². The van der Waals surface area contributed by atoms with E-state index in [-0.39, 0.29) is 18.6 Å². The standard InChI is InChI=1S/C16H17ClN2O2/c1-11-9-14(17)3-4-15(11)21-10-16(20)19-12(2)13-5-7-18-8-6-13/h3-9,12H,10H2,1-2H3,(H,19,20)/t12-/m0/s1. The average molecular weight is 305 g/mol. The van der Waals surface area contributed by atoms with Crippen molar-refractivity contribution < 1.29 is 9.53 Å². The lowest BCUT2D eigenvalue weighted by Crippen LogP contribution is -2.31. The number of hydrogen-bond donors (Lipinski definition) is 1. The summed E-state index contributed by atoms with van der Waals surface area (Å²) in [6.07, 6.45) is 3.40. The van der Waals surface area contributed by atoms with Crippen LogP contribution in [0.3, 0.4) is 0 Å². The highest BCUT2D eigenvalue weighted by Crippen LogP contribution is 2.21. The van der Waals surface area contributed by atoms with Gasteiger partial charge in [-0.3, -0.25) is 9.78 Å². The number of carbonyl (C=O) groups is 1. The molecule has 0 spiro atoms. The summed E-state index contributed by atoms with van der Waals surface area (Å²) in [6, 6.07) is 8.95. The van der Waals surface area contributed by atoms with E-state index in [9.17, 15) is 4.79 Å². The number of nitrogens with one attached hydrogen (secondary N) is 1. The van der Waals surface area contributed by atoms with Crippen LogP contribution in [0.2, 0.25) is 5.02 Å². The first-order valence-corrected chi connectivity index (χ1v) is 7.02. The van der Waals surface area contributed by atoms with Crippen molar-refractivity contribution in [1.82, 2.24) is 10.3 Å². The lowest BCUT2D eigenvalue weighted by Gasteiger charge is -2.15. The Bertz CT molecular complexity index is 617. The van der Waals surface area contributed by atoms with Crippen molar-refractivity contribution in [2.75, 3.05) is 6.61 Å². The number of aryl methyl sites for hydroxylation is 1. The zero-order chi connectivity index (χ0) is 15.2. The second kappa shape index (κ2) is 7.09. The number of hydrogen-bond acceptors (Lipinski definition) is 3. The van der Waals surface area contributed by atoms with Gasteiger partial charge in [0.15, 0.2) is 6.61 Å². The monoisotopic (exact) mass is 304 g/mol. The third kappa shape index (κ3) is 4.46. The Kier molecular flexibility index (Phi) is 5.17. The highest BCUT2D eigenvalue weighted by Gasteiger charge is 2.10. The molecule has 0 bridgehead atoms. The molecular formula is C16H17ClN2O2. The third-order valence-electron chi connectivity index (χ3n) is 3.08. The minimum Gasteiger partial charge on any atom is -0.484 e. The molecule has 110 valence electrons. The smallest absolute Gasteiger partial charge is 0.258 e. The van der Waals surface area contributed by atoms with E-state index in [1.807, 2.05) is 26.0 Å². The van der Waals surface area contributed by atoms with Crippen LogP contribution in [-0.4, -0.2) is 17.5 Å². The molecule has 1 aromatic heterocycles. The Morgan fingerprint density at radius 1 is 1.33 bits per heavy atom. The second-order valence-electron chi connectivity index (χ2n) is 4.77. The Labute approximate surface area is 129 Å². The highest BCUT2D eigenvalue weighted by molar-refractivity contribution is 6.30. The number of ether oxygens (including phenoxy) is 1. The van der Waals surface area contributed by atoms with Gasteiger partial charge in [0.25, 0.3) is 5.91 Å². The Morgan fingerprint density at radius 3 is 2.71 bits per heavy atom. The van der Waals surface area contributed by atoms with Gasteiger partial charge in [-0.15, -0.1) is 0 Å². The van der Waals surface area contributed by atoms with Gasteiger partial charge in [-0.2, -0.15) is 0 Å². The molecule has 0 aliphatic heterocycles. The topological polar surface area (TPSA) is 51.2 Å². The lowest BCUT2D eigenvalue weighted by molar-refractivity contribution is -0.123. The molecule has 1 aromatic carbocycles. The van der Waals surface area contributed by atoms with Crippen LogP contribution in [0.15, 0.2) is 42.7 Å². The summed E-state index contributed by atoms with van der Waals surface area (Å²) in [7, 11) is 0. The molecule has 0 aliphatic rings. The van der Waals surface area contributed by atoms with E-state index in [0.717, 1.165) is 11.1 Å². The van der Waals surface area contributed by atoms with Gasteiger partial charge in [-0.1, -0.05) is 11.6 Å². The van der Waals surface area contributed by atoms with Gasteiger partial charge in [0.2, 0.25) is 0 Å². The summed E-state index contributed by atoms with van der Waals surface area (Å²) in [5.74, 6) is 0.486. The molecule has 0 aliphatic carbocycles. The number of carbonyl (C=O) groups excluding carboxylic acids is 1. The quantitative estimate of drug-likeness (QED) is 0.922. The Hall–Kier alpha value is -2.07. The largest absolute Gasteiger partial charge is 0.484 e. The second-order valence-corrected chi connectivity index (χ2v) is 5.20. The van der Waals surface area contributed by atoms with Crippen LogP contribution in [0.5, 0.6) is 5.75 Å². The first-order valence-electron chi connectivity index (χ1n) is 6.64. The highest BCUT2D eigenvalue weighted by atomic mass is 35.5. The van der Waals surface area contributed by atoms with Crippen LogP contribution < -0.4 is 10.1 Å². The molecule has 1 N–H and O–H groups in total. The fourth-order valence-electron chi connectivity index (χ4n) is 1.94. The molecule has 0 fully saturated rings. The Balaban J connectivity index is 1.87. The lowest BCUT2D eigenvalue weighted by atomic mass is 10.1. The van der Waals surface area contributed by atoms with Crippen molar-refractivity contribution in [3.05, 3.63) is 58.9 Å². The number of benzene rings is 1. The van der Waals surface area contributed by atoms with Crippen molar-refractivity contribution in [1.29, 1.82) is 0 Å². The number of rotatable bonds is 5. The van der Waals surface area contributed by atoms with E-state index in [1.54, 1.807) is 30.6 Å². The van der Waals surface area contributed by atoms with Crippen molar-refractivity contribution in [3.63, 3.8) is 0 Å². The third-order valence-corrected chi connectivity index (χ3v) is 3.31. The van der Waals surface area contributed by atoms with Crippen LogP contribution in [0.25, 0.3) is 0 Å². The minimum absolute atomic E-state index is 0.0299. The minimum atomic E-state index is -0.173. The molecule has 0 radical (unpaired) electrons. The van der Waals surface area contributed by atoms with E-state index >= 15 is 0 Å². The number of nitrogens with zero attached hydrogens (tertiary/aromatic N) is 1. The summed E-state index contributed by atoms with van der Waals surface area (Å²) in [4.78, 5) is 15.9. The molecule has 1 heterocycles. The first-order chi connectivity index (χ1) is 10.1. The summed E-state index contributed by atoms with van der Waals surface area (Å²) in [5.41, 5.74) is 1.90. The summed E-state index contributed by atoms with van der Waals surface area (Å²) in [5, 5.41) is 3.53. The summed E-state index contributed by atoms with van der Waals surface area (Å²) in [6.45, 7) is 3.78. The van der Waals surface area contributed by atoms with Gasteiger partial charge >= 0.3 is 0 Å². The van der Waals surface area contributed by atoms with Gasteiger partial charge in [0, 0.05) is 17.4 Å². The van der Waals surface area contributed by atoms with Crippen molar-refractivity contribution in [3.8, 4) is 5.75 Å². The van der Waals surface area contributed by atoms with Gasteiger partial charge in [0.1, 0.15) is 5.75 Å². The first kappa shape index (κ1) is 15.3. The van der Waals surface area contributed by atoms with Crippen LogP contribution in [-0.2, 0) is 4.79 Å². The predicted molar refractivity (Wildman–Crippen MR) is 82.5 cm³/mol. The normalized spacial score (nSPS) is 11.8. The molecule has 4 nitrogen and oxygen atoms in total. The molecule has 2 rings (SSSR count). The molecular weight excluding hydrogens is 288 g/mol. The van der Waals surface area contributed by atoms with E-state index in [0.29, 0.717) is 10.8 Å². The Morgan fingerprint density at radius 2 is 2.05 bits per heavy atom. The van der Waals surface area contributed by atoms with Gasteiger partial charge in [-0.05, 0) is 55.3 Å². The van der Waals surface area contributed by atoms with E-state index < -0.39 is 0 Å². The molecule has 0 saturated carbocycles. The number of pyridine rings is 1. The summed E-state index contributed by atoms with van der Waals surface area (Å²) >= 11 is 5.88. The zero-order valence-corrected chi connectivity index (χ0v) is 12.7.